The zero-order valence-corrected chi connectivity index (χ0v) is 15.9. The maximum Gasteiger partial charge on any atom is 0.163 e. The molecule has 2 aromatic carbocycles. The molecule has 6 nitrogen and oxygen atoms in total. The van der Waals surface area contributed by atoms with Gasteiger partial charge in [-0.1, -0.05) is 30.3 Å². The molecule has 0 bridgehead atoms. The molecule has 1 aromatic heterocycles. The number of anilines is 3. The van der Waals surface area contributed by atoms with Gasteiger partial charge in [0.25, 0.3) is 0 Å². The summed E-state index contributed by atoms with van der Waals surface area (Å²) in [6.45, 7) is 3.91. The van der Waals surface area contributed by atoms with E-state index in [2.05, 4.69) is 44.9 Å². The zero-order chi connectivity index (χ0) is 19.2. The van der Waals surface area contributed by atoms with Gasteiger partial charge in [-0.2, -0.15) is 0 Å². The predicted octanol–water partition coefficient (Wildman–Crippen LogP) is 4.34. The largest absolute Gasteiger partial charge is 0.486 e. The van der Waals surface area contributed by atoms with Crippen LogP contribution < -0.4 is 20.1 Å². The standard InChI is InChI=1S/C22H24N4O2/c1-16-24-21(23-11-5-8-17-6-3-2-4-7-17)15-22(25-16)26-18-9-10-19-20(14-18)28-13-12-27-19/h2-4,6-7,9-10,14-15H,5,8,11-13H2,1H3,(H2,23,24,25,26). The lowest BCUT2D eigenvalue weighted by Gasteiger charge is -2.19. The summed E-state index contributed by atoms with van der Waals surface area (Å²) in [4.78, 5) is 8.97. The molecule has 4 rings (SSSR count). The summed E-state index contributed by atoms with van der Waals surface area (Å²) in [5, 5.41) is 6.72. The topological polar surface area (TPSA) is 68.3 Å². The van der Waals surface area contributed by atoms with Crippen molar-refractivity contribution in [3.63, 3.8) is 0 Å². The third-order valence-corrected chi connectivity index (χ3v) is 4.44. The minimum Gasteiger partial charge on any atom is -0.486 e. The van der Waals surface area contributed by atoms with Crippen molar-refractivity contribution in [3.05, 3.63) is 66.0 Å². The molecule has 144 valence electrons. The van der Waals surface area contributed by atoms with Gasteiger partial charge >= 0.3 is 0 Å². The Kier molecular flexibility index (Phi) is 5.56. The lowest BCUT2D eigenvalue weighted by molar-refractivity contribution is 0.171. The number of fused-ring (bicyclic) bond motifs is 1. The maximum absolute atomic E-state index is 5.64. The summed E-state index contributed by atoms with van der Waals surface area (Å²) in [6, 6.07) is 18.2. The predicted molar refractivity (Wildman–Crippen MR) is 111 cm³/mol. The number of benzene rings is 2. The fourth-order valence-corrected chi connectivity index (χ4v) is 3.14. The summed E-state index contributed by atoms with van der Waals surface area (Å²) in [7, 11) is 0. The van der Waals surface area contributed by atoms with Gasteiger partial charge in [-0.3, -0.25) is 0 Å². The third-order valence-electron chi connectivity index (χ3n) is 4.44. The van der Waals surface area contributed by atoms with Crippen molar-refractivity contribution in [2.75, 3.05) is 30.4 Å². The number of ether oxygens (including phenoxy) is 2. The van der Waals surface area contributed by atoms with Crippen LogP contribution in [0.2, 0.25) is 0 Å². The Balaban J connectivity index is 1.37. The van der Waals surface area contributed by atoms with Crippen molar-refractivity contribution in [1.29, 1.82) is 0 Å². The molecule has 0 saturated heterocycles. The van der Waals surface area contributed by atoms with Gasteiger partial charge in [0.05, 0.1) is 0 Å². The maximum atomic E-state index is 5.64. The molecule has 0 saturated carbocycles. The van der Waals surface area contributed by atoms with Gasteiger partial charge in [0.2, 0.25) is 0 Å². The Bertz CT molecular complexity index is 931. The molecule has 2 heterocycles. The molecule has 3 aromatic rings. The van der Waals surface area contributed by atoms with Crippen LogP contribution in [0.4, 0.5) is 17.3 Å². The van der Waals surface area contributed by atoms with E-state index in [9.17, 15) is 0 Å². The Morgan fingerprint density at radius 2 is 1.68 bits per heavy atom. The van der Waals surface area contributed by atoms with Crippen molar-refractivity contribution < 1.29 is 9.47 Å². The second-order valence-corrected chi connectivity index (χ2v) is 6.69. The molecule has 0 amide bonds. The highest BCUT2D eigenvalue weighted by Gasteiger charge is 2.12. The third kappa shape index (κ3) is 4.71. The SMILES string of the molecule is Cc1nc(NCCCc2ccccc2)cc(Nc2ccc3c(c2)OCCO3)n1. The molecule has 2 N–H and O–H groups in total. The quantitative estimate of drug-likeness (QED) is 0.598. The van der Waals surface area contributed by atoms with Crippen LogP contribution in [-0.4, -0.2) is 29.7 Å². The highest BCUT2D eigenvalue weighted by molar-refractivity contribution is 5.63. The van der Waals surface area contributed by atoms with Gasteiger partial charge in [0.1, 0.15) is 30.7 Å². The first kappa shape index (κ1) is 18.1. The van der Waals surface area contributed by atoms with Crippen LogP contribution in [0.1, 0.15) is 17.8 Å². The molecule has 0 fully saturated rings. The fourth-order valence-electron chi connectivity index (χ4n) is 3.14. The van der Waals surface area contributed by atoms with E-state index in [1.54, 1.807) is 0 Å². The van der Waals surface area contributed by atoms with Gasteiger partial charge in [0, 0.05) is 24.4 Å². The molecule has 1 aliphatic rings. The van der Waals surface area contributed by atoms with E-state index in [0.717, 1.165) is 48.2 Å². The fraction of sp³-hybridized carbons (Fsp3) is 0.273. The van der Waals surface area contributed by atoms with E-state index in [1.165, 1.54) is 5.56 Å². The lowest BCUT2D eigenvalue weighted by Crippen LogP contribution is -2.15. The summed E-state index contributed by atoms with van der Waals surface area (Å²) in [6.07, 6.45) is 2.08. The molecule has 6 heteroatoms. The highest BCUT2D eigenvalue weighted by Crippen LogP contribution is 2.33. The van der Waals surface area contributed by atoms with Gasteiger partial charge in [-0.05, 0) is 37.5 Å². The van der Waals surface area contributed by atoms with E-state index in [0.29, 0.717) is 19.0 Å². The minimum atomic E-state index is 0.570. The molecule has 0 spiro atoms. The molecule has 0 unspecified atom stereocenters. The second-order valence-electron chi connectivity index (χ2n) is 6.69. The Labute approximate surface area is 164 Å². The number of hydrogen-bond acceptors (Lipinski definition) is 6. The van der Waals surface area contributed by atoms with Crippen LogP contribution >= 0.6 is 0 Å². The lowest BCUT2D eigenvalue weighted by atomic mass is 10.1. The van der Waals surface area contributed by atoms with Crippen molar-refractivity contribution in [1.82, 2.24) is 9.97 Å². The van der Waals surface area contributed by atoms with E-state index in [4.69, 9.17) is 9.47 Å². The zero-order valence-electron chi connectivity index (χ0n) is 15.9. The summed E-state index contributed by atoms with van der Waals surface area (Å²) < 4.78 is 11.2. The Hall–Kier alpha value is -3.28. The number of rotatable bonds is 7. The molecule has 1 aliphatic heterocycles. The second kappa shape index (κ2) is 8.61. The Morgan fingerprint density at radius 3 is 2.54 bits per heavy atom. The molecule has 0 atom stereocenters. The summed E-state index contributed by atoms with van der Waals surface area (Å²) in [5.41, 5.74) is 2.25. The first-order valence-electron chi connectivity index (χ1n) is 9.56. The smallest absolute Gasteiger partial charge is 0.163 e. The van der Waals surface area contributed by atoms with Crippen molar-refractivity contribution in [2.45, 2.75) is 19.8 Å². The molecular weight excluding hydrogens is 352 g/mol. The van der Waals surface area contributed by atoms with Crippen LogP contribution in [0.15, 0.2) is 54.6 Å². The van der Waals surface area contributed by atoms with Crippen LogP contribution in [-0.2, 0) is 6.42 Å². The van der Waals surface area contributed by atoms with Gasteiger partial charge in [0.15, 0.2) is 11.5 Å². The van der Waals surface area contributed by atoms with E-state index >= 15 is 0 Å². The van der Waals surface area contributed by atoms with Crippen molar-refractivity contribution >= 4 is 17.3 Å². The summed E-state index contributed by atoms with van der Waals surface area (Å²) in [5.74, 6) is 3.81. The van der Waals surface area contributed by atoms with Crippen molar-refractivity contribution in [2.24, 2.45) is 0 Å². The average molecular weight is 376 g/mol. The number of aryl methyl sites for hydroxylation is 2. The van der Waals surface area contributed by atoms with Crippen LogP contribution in [0.3, 0.4) is 0 Å². The number of nitrogens with one attached hydrogen (secondary N) is 2. The highest BCUT2D eigenvalue weighted by atomic mass is 16.6. The van der Waals surface area contributed by atoms with E-state index < -0.39 is 0 Å². The average Bonchev–Trinajstić information content (AvgIpc) is 2.71. The molecule has 0 radical (unpaired) electrons. The van der Waals surface area contributed by atoms with Crippen molar-refractivity contribution in [3.8, 4) is 11.5 Å². The number of hydrogen-bond donors (Lipinski definition) is 2. The number of aromatic nitrogens is 2. The molecule has 0 aliphatic carbocycles. The number of nitrogens with zero attached hydrogens (tertiary/aromatic N) is 2. The van der Waals surface area contributed by atoms with E-state index in [1.807, 2.05) is 37.3 Å². The minimum absolute atomic E-state index is 0.570. The van der Waals surface area contributed by atoms with Gasteiger partial charge < -0.3 is 20.1 Å². The van der Waals surface area contributed by atoms with E-state index in [-0.39, 0.29) is 0 Å². The first-order chi connectivity index (χ1) is 13.8. The van der Waals surface area contributed by atoms with Gasteiger partial charge in [-0.15, -0.1) is 0 Å². The first-order valence-corrected chi connectivity index (χ1v) is 9.56. The van der Waals surface area contributed by atoms with Crippen LogP contribution in [0, 0.1) is 6.92 Å². The van der Waals surface area contributed by atoms with Gasteiger partial charge in [-0.25, -0.2) is 9.97 Å². The van der Waals surface area contributed by atoms with Crippen LogP contribution in [0.5, 0.6) is 11.5 Å². The molecular formula is C22H24N4O2. The monoisotopic (exact) mass is 376 g/mol. The van der Waals surface area contributed by atoms with Crippen LogP contribution in [0.25, 0.3) is 0 Å². The Morgan fingerprint density at radius 1 is 0.893 bits per heavy atom. The summed E-state index contributed by atoms with van der Waals surface area (Å²) >= 11 is 0. The normalized spacial score (nSPS) is 12.5. The molecule has 28 heavy (non-hydrogen) atoms.